The SMILES string of the molecule is Cc1c(C(=O)Nc2cccc(C(F)(F)F)c2)oc2c1/C(=N/NC(=O)c1ccco1)CCC2. The number of rotatable bonds is 4. The van der Waals surface area contributed by atoms with Gasteiger partial charge in [-0.25, -0.2) is 5.43 Å². The molecule has 2 aromatic heterocycles. The molecule has 0 radical (unpaired) electrons. The van der Waals surface area contributed by atoms with Crippen LogP contribution >= 0.6 is 0 Å². The summed E-state index contributed by atoms with van der Waals surface area (Å²) in [5.74, 6) is -0.558. The van der Waals surface area contributed by atoms with Crippen molar-refractivity contribution in [1.29, 1.82) is 0 Å². The third-order valence-electron chi connectivity index (χ3n) is 5.02. The molecule has 0 unspecified atom stereocenters. The minimum atomic E-state index is -4.52. The number of alkyl halides is 3. The zero-order valence-electron chi connectivity index (χ0n) is 16.9. The summed E-state index contributed by atoms with van der Waals surface area (Å²) in [7, 11) is 0. The number of hydrogen-bond acceptors (Lipinski definition) is 5. The van der Waals surface area contributed by atoms with E-state index in [0.717, 1.165) is 12.1 Å². The summed E-state index contributed by atoms with van der Waals surface area (Å²) in [6, 6.07) is 7.43. The first-order chi connectivity index (χ1) is 15.2. The number of carbonyl (C=O) groups is 2. The molecule has 2 amide bonds. The van der Waals surface area contributed by atoms with E-state index in [1.807, 2.05) is 0 Å². The van der Waals surface area contributed by atoms with Gasteiger partial charge in [-0.2, -0.15) is 18.3 Å². The Morgan fingerprint density at radius 1 is 1.09 bits per heavy atom. The van der Waals surface area contributed by atoms with Gasteiger partial charge in [0.2, 0.25) is 0 Å². The molecule has 0 fully saturated rings. The summed E-state index contributed by atoms with van der Waals surface area (Å²) in [6.45, 7) is 1.67. The number of aryl methyl sites for hydroxylation is 1. The minimum absolute atomic E-state index is 0.00167. The van der Waals surface area contributed by atoms with E-state index in [4.69, 9.17) is 8.83 Å². The van der Waals surface area contributed by atoms with Crippen LogP contribution in [0.1, 0.15) is 56.4 Å². The fourth-order valence-corrected chi connectivity index (χ4v) is 3.54. The van der Waals surface area contributed by atoms with Crippen LogP contribution in [0, 0.1) is 6.92 Å². The van der Waals surface area contributed by atoms with Crippen LogP contribution in [0.2, 0.25) is 0 Å². The van der Waals surface area contributed by atoms with Crippen molar-refractivity contribution in [3.63, 3.8) is 0 Å². The van der Waals surface area contributed by atoms with E-state index in [-0.39, 0.29) is 17.2 Å². The van der Waals surface area contributed by atoms with E-state index in [0.29, 0.717) is 41.9 Å². The molecule has 166 valence electrons. The number of nitrogens with zero attached hydrogens (tertiary/aromatic N) is 1. The summed E-state index contributed by atoms with van der Waals surface area (Å²) in [5.41, 5.74) is 3.22. The maximum absolute atomic E-state index is 12.9. The Morgan fingerprint density at radius 2 is 1.91 bits per heavy atom. The van der Waals surface area contributed by atoms with Crippen molar-refractivity contribution in [3.05, 3.63) is 76.6 Å². The highest BCUT2D eigenvalue weighted by molar-refractivity contribution is 6.09. The van der Waals surface area contributed by atoms with Crippen LogP contribution in [0.15, 0.2) is 56.6 Å². The number of amides is 2. The van der Waals surface area contributed by atoms with Crippen LogP contribution < -0.4 is 10.7 Å². The van der Waals surface area contributed by atoms with Crippen LogP contribution in [0.4, 0.5) is 18.9 Å². The number of halogens is 3. The van der Waals surface area contributed by atoms with E-state index in [2.05, 4.69) is 15.8 Å². The molecule has 1 aliphatic carbocycles. The number of carbonyl (C=O) groups excluding carboxylic acids is 2. The molecule has 2 heterocycles. The van der Waals surface area contributed by atoms with Crippen molar-refractivity contribution in [2.75, 3.05) is 5.32 Å². The maximum Gasteiger partial charge on any atom is 0.416 e. The number of furan rings is 2. The van der Waals surface area contributed by atoms with Crippen molar-refractivity contribution in [3.8, 4) is 0 Å². The Hall–Kier alpha value is -3.82. The standard InChI is InChI=1S/C22H18F3N3O4/c1-12-18-15(27-28-20(29)17-9-4-10-31-17)7-3-8-16(18)32-19(12)21(30)26-14-6-2-5-13(11-14)22(23,24)25/h2,4-6,9-11H,3,7-8H2,1H3,(H,26,30)(H,28,29)/b27-15+. The fraction of sp³-hybridized carbons (Fsp3) is 0.227. The van der Waals surface area contributed by atoms with Crippen molar-refractivity contribution in [1.82, 2.24) is 5.43 Å². The molecule has 0 atom stereocenters. The van der Waals surface area contributed by atoms with Gasteiger partial charge in [0.25, 0.3) is 5.91 Å². The van der Waals surface area contributed by atoms with Gasteiger partial charge < -0.3 is 14.2 Å². The van der Waals surface area contributed by atoms with E-state index >= 15 is 0 Å². The highest BCUT2D eigenvalue weighted by Crippen LogP contribution is 2.32. The second-order valence-corrected chi connectivity index (χ2v) is 7.22. The highest BCUT2D eigenvalue weighted by Gasteiger charge is 2.31. The second kappa shape index (κ2) is 8.37. The first-order valence-corrected chi connectivity index (χ1v) is 9.75. The lowest BCUT2D eigenvalue weighted by Gasteiger charge is -2.13. The molecule has 0 saturated heterocycles. The van der Waals surface area contributed by atoms with Gasteiger partial charge in [0.05, 0.1) is 17.5 Å². The van der Waals surface area contributed by atoms with Gasteiger partial charge >= 0.3 is 12.1 Å². The van der Waals surface area contributed by atoms with E-state index in [1.165, 1.54) is 24.5 Å². The molecular formula is C22H18F3N3O4. The van der Waals surface area contributed by atoms with Crippen molar-refractivity contribution < 1.29 is 31.6 Å². The molecule has 0 saturated carbocycles. The number of hydrazone groups is 1. The van der Waals surface area contributed by atoms with E-state index < -0.39 is 23.6 Å². The first-order valence-electron chi connectivity index (χ1n) is 9.75. The van der Waals surface area contributed by atoms with Crippen molar-refractivity contribution in [2.24, 2.45) is 5.10 Å². The van der Waals surface area contributed by atoms with Gasteiger partial charge in [-0.05, 0) is 50.1 Å². The average molecular weight is 445 g/mol. The number of hydrogen-bond donors (Lipinski definition) is 2. The fourth-order valence-electron chi connectivity index (χ4n) is 3.54. The number of nitrogens with one attached hydrogen (secondary N) is 2. The summed E-state index contributed by atoms with van der Waals surface area (Å²) >= 11 is 0. The lowest BCUT2D eigenvalue weighted by Crippen LogP contribution is -2.21. The summed E-state index contributed by atoms with van der Waals surface area (Å²) in [4.78, 5) is 24.8. The topological polar surface area (TPSA) is 96.8 Å². The third-order valence-corrected chi connectivity index (χ3v) is 5.02. The molecule has 3 aromatic rings. The van der Waals surface area contributed by atoms with Crippen molar-refractivity contribution >= 4 is 23.2 Å². The van der Waals surface area contributed by atoms with Gasteiger partial charge in [0.15, 0.2) is 11.5 Å². The molecule has 32 heavy (non-hydrogen) atoms. The Morgan fingerprint density at radius 3 is 2.62 bits per heavy atom. The minimum Gasteiger partial charge on any atom is -0.459 e. The predicted octanol–water partition coefficient (Wildman–Crippen LogP) is 4.92. The molecule has 1 aromatic carbocycles. The number of fused-ring (bicyclic) bond motifs is 1. The van der Waals surface area contributed by atoms with Crippen LogP contribution in [0.5, 0.6) is 0 Å². The lowest BCUT2D eigenvalue weighted by molar-refractivity contribution is -0.137. The number of benzene rings is 1. The quantitative estimate of drug-likeness (QED) is 0.557. The Balaban J connectivity index is 1.57. The first kappa shape index (κ1) is 21.4. The van der Waals surface area contributed by atoms with Gasteiger partial charge in [-0.3, -0.25) is 9.59 Å². The highest BCUT2D eigenvalue weighted by atomic mass is 19.4. The van der Waals surface area contributed by atoms with Crippen LogP contribution in [0.3, 0.4) is 0 Å². The summed E-state index contributed by atoms with van der Waals surface area (Å²) in [5, 5.41) is 6.63. The second-order valence-electron chi connectivity index (χ2n) is 7.22. The summed E-state index contributed by atoms with van der Waals surface area (Å²) < 4.78 is 49.5. The molecule has 7 nitrogen and oxygen atoms in total. The predicted molar refractivity (Wildman–Crippen MR) is 108 cm³/mol. The zero-order valence-corrected chi connectivity index (χ0v) is 16.9. The van der Waals surface area contributed by atoms with Gasteiger partial charge in [-0.15, -0.1) is 0 Å². The van der Waals surface area contributed by atoms with Gasteiger partial charge in [0, 0.05) is 23.2 Å². The molecule has 2 N–H and O–H groups in total. The monoisotopic (exact) mass is 445 g/mol. The molecule has 4 rings (SSSR count). The Bertz CT molecular complexity index is 1190. The molecule has 10 heteroatoms. The molecule has 0 spiro atoms. The van der Waals surface area contributed by atoms with Gasteiger partial charge in [0.1, 0.15) is 5.76 Å². The van der Waals surface area contributed by atoms with Crippen molar-refractivity contribution in [2.45, 2.75) is 32.4 Å². The molecule has 0 bridgehead atoms. The van der Waals surface area contributed by atoms with Gasteiger partial charge in [-0.1, -0.05) is 6.07 Å². The Labute approximate surface area is 180 Å². The van der Waals surface area contributed by atoms with Crippen LogP contribution in [-0.4, -0.2) is 17.5 Å². The zero-order chi connectivity index (χ0) is 22.9. The number of anilines is 1. The molecule has 1 aliphatic rings. The summed E-state index contributed by atoms with van der Waals surface area (Å²) in [6.07, 6.45) is -1.33. The Kier molecular flexibility index (Phi) is 5.60. The average Bonchev–Trinajstić information content (AvgIpc) is 3.40. The smallest absolute Gasteiger partial charge is 0.416 e. The normalized spacial score (nSPS) is 14.8. The van der Waals surface area contributed by atoms with E-state index in [9.17, 15) is 22.8 Å². The van der Waals surface area contributed by atoms with E-state index in [1.54, 1.807) is 13.0 Å². The van der Waals surface area contributed by atoms with Crippen LogP contribution in [0.25, 0.3) is 0 Å². The third kappa shape index (κ3) is 4.29. The largest absolute Gasteiger partial charge is 0.459 e. The lowest BCUT2D eigenvalue weighted by atomic mass is 9.93. The molecular weight excluding hydrogens is 427 g/mol. The maximum atomic E-state index is 12.9. The van der Waals surface area contributed by atoms with Crippen LogP contribution in [-0.2, 0) is 12.6 Å². The molecule has 0 aliphatic heterocycles.